The van der Waals surface area contributed by atoms with Crippen LogP contribution in [0.15, 0.2) is 47.4 Å². The van der Waals surface area contributed by atoms with Crippen molar-refractivity contribution >= 4 is 28.2 Å². The summed E-state index contributed by atoms with van der Waals surface area (Å²) in [6, 6.07) is 12.2. The lowest BCUT2D eigenvalue weighted by Crippen LogP contribution is -2.49. The third kappa shape index (κ3) is 4.48. The summed E-state index contributed by atoms with van der Waals surface area (Å²) in [7, 11) is -1.77. The number of amides is 1. The summed E-state index contributed by atoms with van der Waals surface area (Å²) in [5, 5.41) is 3.33. The Morgan fingerprint density at radius 1 is 1.21 bits per heavy atom. The van der Waals surface area contributed by atoms with Crippen LogP contribution in [0.5, 0.6) is 5.75 Å². The smallest absolute Gasteiger partial charge is 0.254 e. The lowest BCUT2D eigenvalue weighted by Gasteiger charge is -2.37. The molecular formula is C20H25ClN2O4S. The molecule has 0 spiro atoms. The van der Waals surface area contributed by atoms with Gasteiger partial charge in [-0.05, 0) is 30.7 Å². The van der Waals surface area contributed by atoms with Gasteiger partial charge < -0.3 is 15.0 Å². The first-order valence-corrected chi connectivity index (χ1v) is 10.7. The average Bonchev–Trinajstić information content (AvgIpc) is 2.67. The number of piperazine rings is 1. The minimum absolute atomic E-state index is 0. The Hall–Kier alpha value is -2.09. The summed E-state index contributed by atoms with van der Waals surface area (Å²) < 4.78 is 29.3. The monoisotopic (exact) mass is 424 g/mol. The second-order valence-electron chi connectivity index (χ2n) is 6.71. The fourth-order valence-corrected chi connectivity index (χ4v) is 4.03. The van der Waals surface area contributed by atoms with Crippen molar-refractivity contribution in [2.75, 3.05) is 33.0 Å². The van der Waals surface area contributed by atoms with Gasteiger partial charge in [0.15, 0.2) is 9.84 Å². The SMILES string of the molecule is COc1ccccc1C1CNCCN1C(=O)c1cc(S(C)(=O)=O)ccc1C.Cl. The lowest BCUT2D eigenvalue weighted by molar-refractivity contribution is 0.0630. The number of rotatable bonds is 4. The number of hydrogen-bond acceptors (Lipinski definition) is 5. The molecule has 0 aromatic heterocycles. The van der Waals surface area contributed by atoms with Gasteiger partial charge >= 0.3 is 0 Å². The highest BCUT2D eigenvalue weighted by Crippen LogP contribution is 2.31. The summed E-state index contributed by atoms with van der Waals surface area (Å²) in [6.07, 6.45) is 1.15. The van der Waals surface area contributed by atoms with Crippen LogP contribution >= 0.6 is 12.4 Å². The first-order valence-electron chi connectivity index (χ1n) is 8.78. The fraction of sp³-hybridized carbons (Fsp3) is 0.350. The van der Waals surface area contributed by atoms with E-state index in [9.17, 15) is 13.2 Å². The minimum Gasteiger partial charge on any atom is -0.496 e. The van der Waals surface area contributed by atoms with Gasteiger partial charge in [-0.3, -0.25) is 4.79 Å². The van der Waals surface area contributed by atoms with Crippen LogP contribution in [0.25, 0.3) is 0 Å². The van der Waals surface area contributed by atoms with E-state index in [1.807, 2.05) is 31.2 Å². The zero-order chi connectivity index (χ0) is 19.6. The molecule has 1 amide bonds. The molecule has 1 atom stereocenters. The van der Waals surface area contributed by atoms with Gasteiger partial charge in [0.25, 0.3) is 5.91 Å². The molecule has 1 fully saturated rings. The van der Waals surface area contributed by atoms with Gasteiger partial charge in [-0.25, -0.2) is 8.42 Å². The molecule has 6 nitrogen and oxygen atoms in total. The van der Waals surface area contributed by atoms with Gasteiger partial charge in [0, 0.05) is 37.0 Å². The van der Waals surface area contributed by atoms with E-state index in [0.717, 1.165) is 23.1 Å². The molecule has 28 heavy (non-hydrogen) atoms. The molecule has 2 aromatic rings. The molecular weight excluding hydrogens is 400 g/mol. The maximum Gasteiger partial charge on any atom is 0.254 e. The quantitative estimate of drug-likeness (QED) is 0.816. The van der Waals surface area contributed by atoms with Gasteiger partial charge in [-0.2, -0.15) is 0 Å². The van der Waals surface area contributed by atoms with Crippen molar-refractivity contribution in [3.8, 4) is 5.75 Å². The molecule has 1 unspecified atom stereocenters. The molecule has 152 valence electrons. The highest BCUT2D eigenvalue weighted by molar-refractivity contribution is 7.90. The fourth-order valence-electron chi connectivity index (χ4n) is 3.38. The van der Waals surface area contributed by atoms with E-state index in [-0.39, 0.29) is 29.3 Å². The number of nitrogens with zero attached hydrogens (tertiary/aromatic N) is 1. The number of sulfone groups is 1. The highest BCUT2D eigenvalue weighted by atomic mass is 35.5. The predicted molar refractivity (Wildman–Crippen MR) is 111 cm³/mol. The zero-order valence-corrected chi connectivity index (χ0v) is 17.8. The second-order valence-corrected chi connectivity index (χ2v) is 8.73. The normalized spacial score (nSPS) is 17.0. The summed E-state index contributed by atoms with van der Waals surface area (Å²) >= 11 is 0. The highest BCUT2D eigenvalue weighted by Gasteiger charge is 2.31. The van der Waals surface area contributed by atoms with Crippen molar-refractivity contribution < 1.29 is 17.9 Å². The van der Waals surface area contributed by atoms with E-state index in [1.54, 1.807) is 18.1 Å². The maximum atomic E-state index is 13.3. The van der Waals surface area contributed by atoms with Gasteiger partial charge in [0.05, 0.1) is 18.0 Å². The van der Waals surface area contributed by atoms with E-state index in [4.69, 9.17) is 4.74 Å². The number of halogens is 1. The summed E-state index contributed by atoms with van der Waals surface area (Å²) in [6.45, 7) is 3.64. The van der Waals surface area contributed by atoms with Gasteiger partial charge in [0.1, 0.15) is 5.75 Å². The van der Waals surface area contributed by atoms with Crippen LogP contribution in [0.2, 0.25) is 0 Å². The Bertz CT molecular complexity index is 962. The molecule has 1 aliphatic heterocycles. The van der Waals surface area contributed by atoms with Crippen LogP contribution < -0.4 is 10.1 Å². The van der Waals surface area contributed by atoms with E-state index in [0.29, 0.717) is 25.2 Å². The molecule has 1 heterocycles. The number of aryl methyl sites for hydroxylation is 1. The van der Waals surface area contributed by atoms with E-state index < -0.39 is 9.84 Å². The molecule has 0 bridgehead atoms. The standard InChI is InChI=1S/C20H24N2O4S.ClH/c1-14-8-9-15(27(3,24)25)12-17(14)20(23)22-11-10-21-13-18(22)16-6-4-5-7-19(16)26-2;/h4-9,12,18,21H,10-11,13H2,1-3H3;1H. The number of nitrogens with one attached hydrogen (secondary N) is 1. The largest absolute Gasteiger partial charge is 0.496 e. The minimum atomic E-state index is -3.39. The van der Waals surface area contributed by atoms with Crippen molar-refractivity contribution in [3.05, 3.63) is 59.2 Å². The molecule has 8 heteroatoms. The molecule has 0 radical (unpaired) electrons. The predicted octanol–water partition coefficient (Wildman–Crippen LogP) is 2.62. The summed E-state index contributed by atoms with van der Waals surface area (Å²) in [5.41, 5.74) is 2.10. The molecule has 3 rings (SSSR count). The van der Waals surface area contributed by atoms with Crippen LogP contribution in [0.1, 0.15) is 27.5 Å². The van der Waals surface area contributed by atoms with Crippen molar-refractivity contribution in [2.24, 2.45) is 0 Å². The number of ether oxygens (including phenoxy) is 1. The number of benzene rings is 2. The van der Waals surface area contributed by atoms with E-state index in [2.05, 4.69) is 5.32 Å². The number of carbonyl (C=O) groups excluding carboxylic acids is 1. The topological polar surface area (TPSA) is 75.7 Å². The van der Waals surface area contributed by atoms with E-state index in [1.165, 1.54) is 12.1 Å². The van der Waals surface area contributed by atoms with Crippen molar-refractivity contribution in [1.82, 2.24) is 10.2 Å². The van der Waals surface area contributed by atoms with Crippen molar-refractivity contribution in [2.45, 2.75) is 17.9 Å². The van der Waals surface area contributed by atoms with Crippen molar-refractivity contribution in [1.29, 1.82) is 0 Å². The molecule has 2 aromatic carbocycles. The molecule has 1 aliphatic rings. The van der Waals surface area contributed by atoms with Gasteiger partial charge in [-0.1, -0.05) is 24.3 Å². The van der Waals surface area contributed by atoms with Crippen molar-refractivity contribution in [3.63, 3.8) is 0 Å². The second kappa shape index (κ2) is 8.94. The number of methoxy groups -OCH3 is 1. The third-order valence-corrected chi connectivity index (χ3v) is 5.98. The maximum absolute atomic E-state index is 13.3. The number of para-hydroxylation sites is 1. The third-order valence-electron chi connectivity index (χ3n) is 4.87. The number of carbonyl (C=O) groups is 1. The van der Waals surface area contributed by atoms with Gasteiger partial charge in [-0.15, -0.1) is 12.4 Å². The summed E-state index contributed by atoms with van der Waals surface area (Å²) in [5.74, 6) is 0.556. The van der Waals surface area contributed by atoms with Crippen LogP contribution in [-0.4, -0.2) is 52.2 Å². The Morgan fingerprint density at radius 3 is 2.61 bits per heavy atom. The Balaban J connectivity index is 0.00000280. The first kappa shape index (κ1) is 22.2. The van der Waals surface area contributed by atoms with Crippen LogP contribution in [0.3, 0.4) is 0 Å². The molecule has 0 saturated carbocycles. The van der Waals surface area contributed by atoms with Crippen LogP contribution in [-0.2, 0) is 9.84 Å². The van der Waals surface area contributed by atoms with Crippen LogP contribution in [0, 0.1) is 6.92 Å². The van der Waals surface area contributed by atoms with Crippen LogP contribution in [0.4, 0.5) is 0 Å². The average molecular weight is 425 g/mol. The van der Waals surface area contributed by atoms with E-state index >= 15 is 0 Å². The Labute approximate surface area is 172 Å². The number of hydrogen-bond donors (Lipinski definition) is 1. The first-order chi connectivity index (χ1) is 12.8. The molecule has 1 saturated heterocycles. The zero-order valence-electron chi connectivity index (χ0n) is 16.1. The Morgan fingerprint density at radius 2 is 1.93 bits per heavy atom. The van der Waals surface area contributed by atoms with Gasteiger partial charge in [0.2, 0.25) is 0 Å². The Kier molecular flexibility index (Phi) is 7.09. The molecule has 1 N–H and O–H groups in total. The lowest BCUT2D eigenvalue weighted by atomic mass is 9.99. The summed E-state index contributed by atoms with van der Waals surface area (Å²) in [4.78, 5) is 15.3. The molecule has 0 aliphatic carbocycles.